The van der Waals surface area contributed by atoms with Gasteiger partial charge >= 0.3 is 6.09 Å². The minimum atomic E-state index is -0.734. The molecule has 0 aromatic heterocycles. The maximum absolute atomic E-state index is 13.1. The Morgan fingerprint density at radius 2 is 1.79 bits per heavy atom. The number of rotatable bonds is 4. The highest BCUT2D eigenvalue weighted by molar-refractivity contribution is 7.80. The summed E-state index contributed by atoms with van der Waals surface area (Å²) >= 11 is 5.63. The molecule has 1 aromatic carbocycles. The van der Waals surface area contributed by atoms with Gasteiger partial charge < -0.3 is 28.9 Å². The maximum Gasteiger partial charge on any atom is 0.409 e. The summed E-state index contributed by atoms with van der Waals surface area (Å²) in [7, 11) is 0. The fourth-order valence-electron chi connectivity index (χ4n) is 3.86. The lowest BCUT2D eigenvalue weighted by Crippen LogP contribution is -2.55. The molecule has 8 nitrogen and oxygen atoms in total. The molecule has 0 radical (unpaired) electrons. The Morgan fingerprint density at radius 1 is 1.10 bits per heavy atom. The van der Waals surface area contributed by atoms with Crippen molar-refractivity contribution in [1.29, 1.82) is 0 Å². The number of benzene rings is 1. The first kappa shape index (κ1) is 20.1. The Morgan fingerprint density at radius 3 is 2.48 bits per heavy atom. The smallest absolute Gasteiger partial charge is 0.409 e. The van der Waals surface area contributed by atoms with Crippen LogP contribution in [0.5, 0.6) is 0 Å². The standard InChI is InChI=1S/C20H25N3O5S/c1-2-26-20(25)22-10-8-21(9-11-22)18(24)16-17-19(29)23(13-15(27-16)28-17)12-14-6-4-3-5-7-14/h3-7,15-17H,2,8-13H2,1H3/t15-,16+,17-/m0/s1. The summed E-state index contributed by atoms with van der Waals surface area (Å²) in [5.74, 6) is -0.134. The molecule has 9 heteroatoms. The third kappa shape index (κ3) is 4.22. The molecular formula is C20H25N3O5S. The molecule has 3 fully saturated rings. The summed E-state index contributed by atoms with van der Waals surface area (Å²) in [6.07, 6.45) is -2.09. The fourth-order valence-corrected chi connectivity index (χ4v) is 4.18. The van der Waals surface area contributed by atoms with Gasteiger partial charge in [0.2, 0.25) is 0 Å². The van der Waals surface area contributed by atoms with E-state index in [1.807, 2.05) is 30.3 Å². The van der Waals surface area contributed by atoms with Crippen LogP contribution < -0.4 is 0 Å². The van der Waals surface area contributed by atoms with Gasteiger partial charge in [-0.15, -0.1) is 0 Å². The highest BCUT2D eigenvalue weighted by Crippen LogP contribution is 2.30. The average Bonchev–Trinajstić information content (AvgIpc) is 3.11. The molecule has 3 atom stereocenters. The molecule has 3 aliphatic rings. The summed E-state index contributed by atoms with van der Waals surface area (Å²) in [6.45, 7) is 5.05. The number of ether oxygens (including phenoxy) is 3. The van der Waals surface area contributed by atoms with Gasteiger partial charge in [0.05, 0.1) is 13.2 Å². The molecule has 156 valence electrons. The topological polar surface area (TPSA) is 71.5 Å². The first-order chi connectivity index (χ1) is 14.1. The number of hydrogen-bond acceptors (Lipinski definition) is 6. The van der Waals surface area contributed by atoms with Gasteiger partial charge in [0, 0.05) is 32.7 Å². The van der Waals surface area contributed by atoms with Gasteiger partial charge in [0.25, 0.3) is 5.91 Å². The van der Waals surface area contributed by atoms with Crippen LogP contribution in [-0.2, 0) is 25.5 Å². The third-order valence-corrected chi connectivity index (χ3v) is 5.86. The number of morpholine rings is 1. The number of hydrogen-bond donors (Lipinski definition) is 0. The lowest BCUT2D eigenvalue weighted by atomic mass is 10.1. The minimum Gasteiger partial charge on any atom is -0.450 e. The first-order valence-electron chi connectivity index (χ1n) is 9.91. The highest BCUT2D eigenvalue weighted by Gasteiger charge is 2.50. The normalized spacial score (nSPS) is 26.6. The largest absolute Gasteiger partial charge is 0.450 e. The van der Waals surface area contributed by atoms with Crippen molar-refractivity contribution in [1.82, 2.24) is 14.7 Å². The molecule has 0 spiro atoms. The van der Waals surface area contributed by atoms with E-state index in [0.29, 0.717) is 50.9 Å². The molecular weight excluding hydrogens is 394 g/mol. The van der Waals surface area contributed by atoms with Gasteiger partial charge in [0.15, 0.2) is 12.4 Å². The Hall–Kier alpha value is -2.23. The van der Waals surface area contributed by atoms with Crippen LogP contribution in [0.3, 0.4) is 0 Å². The maximum atomic E-state index is 13.1. The number of fused-ring (bicyclic) bond motifs is 2. The van der Waals surface area contributed by atoms with Crippen molar-refractivity contribution in [3.05, 3.63) is 35.9 Å². The van der Waals surface area contributed by atoms with Gasteiger partial charge in [-0.3, -0.25) is 4.79 Å². The molecule has 1 aromatic rings. The van der Waals surface area contributed by atoms with Gasteiger partial charge in [-0.25, -0.2) is 4.79 Å². The van der Waals surface area contributed by atoms with Crippen molar-refractivity contribution in [2.75, 3.05) is 39.3 Å². The predicted octanol–water partition coefficient (Wildman–Crippen LogP) is 1.24. The fraction of sp³-hybridized carbons (Fsp3) is 0.550. The Kier molecular flexibility index (Phi) is 5.98. The summed E-state index contributed by atoms with van der Waals surface area (Å²) in [6, 6.07) is 10.1. The van der Waals surface area contributed by atoms with E-state index in [4.69, 9.17) is 26.4 Å². The van der Waals surface area contributed by atoms with Crippen molar-refractivity contribution in [3.8, 4) is 0 Å². The van der Waals surface area contributed by atoms with Gasteiger partial charge in [-0.05, 0) is 12.5 Å². The van der Waals surface area contributed by atoms with Gasteiger partial charge in [-0.2, -0.15) is 0 Å². The summed E-state index contributed by atoms with van der Waals surface area (Å²) in [4.78, 5) is 30.9. The van der Waals surface area contributed by atoms with E-state index in [9.17, 15) is 9.59 Å². The van der Waals surface area contributed by atoms with E-state index < -0.39 is 18.5 Å². The van der Waals surface area contributed by atoms with Gasteiger partial charge in [-0.1, -0.05) is 42.5 Å². The second kappa shape index (κ2) is 8.64. The predicted molar refractivity (Wildman–Crippen MR) is 108 cm³/mol. The zero-order valence-electron chi connectivity index (χ0n) is 16.4. The molecule has 2 amide bonds. The molecule has 2 bridgehead atoms. The Labute approximate surface area is 175 Å². The Balaban J connectivity index is 1.36. The van der Waals surface area contributed by atoms with Crippen molar-refractivity contribution in [3.63, 3.8) is 0 Å². The second-order valence-electron chi connectivity index (χ2n) is 7.26. The van der Waals surface area contributed by atoms with Crippen molar-refractivity contribution < 1.29 is 23.8 Å². The summed E-state index contributed by atoms with van der Waals surface area (Å²) < 4.78 is 16.8. The van der Waals surface area contributed by atoms with Crippen LogP contribution in [0.15, 0.2) is 30.3 Å². The minimum absolute atomic E-state index is 0.134. The lowest BCUT2D eigenvalue weighted by Gasteiger charge is -2.36. The van der Waals surface area contributed by atoms with E-state index in [0.717, 1.165) is 5.56 Å². The monoisotopic (exact) mass is 419 g/mol. The Bertz CT molecular complexity index is 769. The van der Waals surface area contributed by atoms with Crippen LogP contribution >= 0.6 is 12.2 Å². The van der Waals surface area contributed by atoms with Crippen LogP contribution in [0, 0.1) is 0 Å². The number of thiocarbonyl (C=S) groups is 1. The van der Waals surface area contributed by atoms with Crippen molar-refractivity contribution in [2.45, 2.75) is 32.0 Å². The third-order valence-electron chi connectivity index (χ3n) is 5.37. The van der Waals surface area contributed by atoms with Crippen molar-refractivity contribution in [2.24, 2.45) is 0 Å². The van der Waals surface area contributed by atoms with Crippen LogP contribution in [0.4, 0.5) is 4.79 Å². The molecule has 4 rings (SSSR count). The second-order valence-corrected chi connectivity index (χ2v) is 7.68. The molecule has 29 heavy (non-hydrogen) atoms. The van der Waals surface area contributed by atoms with E-state index in [2.05, 4.69) is 4.90 Å². The van der Waals surface area contributed by atoms with E-state index in [-0.39, 0.29) is 12.0 Å². The van der Waals surface area contributed by atoms with Crippen LogP contribution in [-0.4, -0.2) is 89.5 Å². The van der Waals surface area contributed by atoms with Crippen molar-refractivity contribution >= 4 is 29.2 Å². The van der Waals surface area contributed by atoms with E-state index in [1.54, 1.807) is 16.7 Å². The average molecular weight is 420 g/mol. The number of nitrogens with zero attached hydrogens (tertiary/aromatic N) is 3. The lowest BCUT2D eigenvalue weighted by molar-refractivity contribution is -0.145. The molecule has 0 aliphatic carbocycles. The van der Waals surface area contributed by atoms with Crippen LogP contribution in [0.1, 0.15) is 12.5 Å². The summed E-state index contributed by atoms with van der Waals surface area (Å²) in [5.41, 5.74) is 1.15. The number of carbonyl (C=O) groups is 2. The zero-order chi connectivity index (χ0) is 20.4. The van der Waals surface area contributed by atoms with Gasteiger partial charge in [0.1, 0.15) is 11.1 Å². The molecule has 0 saturated carbocycles. The molecule has 3 heterocycles. The molecule has 3 saturated heterocycles. The van der Waals surface area contributed by atoms with E-state index in [1.165, 1.54) is 0 Å². The molecule has 0 N–H and O–H groups in total. The molecule has 3 aliphatic heterocycles. The first-order valence-corrected chi connectivity index (χ1v) is 10.3. The highest BCUT2D eigenvalue weighted by atomic mass is 32.1. The van der Waals surface area contributed by atoms with Crippen LogP contribution in [0.2, 0.25) is 0 Å². The SMILES string of the molecule is CCOC(=O)N1CCN(C(=O)[C@@H]2O[C@@H]3CN(Cc4ccccc4)C(=S)[C@H]2O3)CC1. The quantitative estimate of drug-likeness (QED) is 0.680. The number of carbonyl (C=O) groups excluding carboxylic acids is 2. The summed E-state index contributed by atoms with van der Waals surface area (Å²) in [5, 5.41) is 0. The molecule has 0 unspecified atom stereocenters. The number of piperazine rings is 1. The zero-order valence-corrected chi connectivity index (χ0v) is 17.2. The van der Waals surface area contributed by atoms with Crippen LogP contribution in [0.25, 0.3) is 0 Å². The number of amides is 2. The van der Waals surface area contributed by atoms with E-state index >= 15 is 0 Å².